The van der Waals surface area contributed by atoms with Gasteiger partial charge in [0.25, 0.3) is 0 Å². The number of amides is 2. The number of rotatable bonds is 6. The van der Waals surface area contributed by atoms with Crippen molar-refractivity contribution in [1.29, 1.82) is 0 Å². The summed E-state index contributed by atoms with van der Waals surface area (Å²) >= 11 is 0. The molecular weight excluding hydrogens is 513 g/mol. The van der Waals surface area contributed by atoms with Crippen molar-refractivity contribution in [2.75, 3.05) is 13.1 Å². The largest absolute Gasteiger partial charge is 0.349 e. The molecule has 1 aliphatic carbocycles. The van der Waals surface area contributed by atoms with Crippen molar-refractivity contribution < 1.29 is 22.8 Å². The number of benzene rings is 3. The fraction of sp³-hybridized carbons (Fsp3) is 0.273. The third-order valence-corrected chi connectivity index (χ3v) is 8.07. The minimum absolute atomic E-state index is 0.0596. The van der Waals surface area contributed by atoms with Crippen LogP contribution in [0.5, 0.6) is 0 Å². The molecular formula is C33H31F3N2O2. The highest BCUT2D eigenvalue weighted by Gasteiger charge is 2.44. The fourth-order valence-electron chi connectivity index (χ4n) is 5.62. The van der Waals surface area contributed by atoms with Gasteiger partial charge in [-0.05, 0) is 91.3 Å². The number of hydrogen-bond donors (Lipinski definition) is 1. The van der Waals surface area contributed by atoms with Gasteiger partial charge in [-0.15, -0.1) is 0 Å². The van der Waals surface area contributed by atoms with Crippen LogP contribution in [0, 0.1) is 17.5 Å². The molecule has 7 heteroatoms. The number of halogens is 3. The molecule has 3 aromatic rings. The van der Waals surface area contributed by atoms with Gasteiger partial charge in [0.05, 0.1) is 11.5 Å². The van der Waals surface area contributed by atoms with E-state index in [4.69, 9.17) is 0 Å². The molecule has 1 N–H and O–H groups in total. The fourth-order valence-corrected chi connectivity index (χ4v) is 5.62. The molecule has 1 atom stereocenters. The van der Waals surface area contributed by atoms with E-state index in [-0.39, 0.29) is 23.4 Å². The van der Waals surface area contributed by atoms with Crippen molar-refractivity contribution in [2.45, 2.75) is 44.1 Å². The lowest BCUT2D eigenvalue weighted by Crippen LogP contribution is -2.53. The maximum Gasteiger partial charge on any atom is 0.249 e. The predicted octanol–water partition coefficient (Wildman–Crippen LogP) is 6.65. The van der Waals surface area contributed by atoms with Crippen molar-refractivity contribution >= 4 is 17.4 Å². The van der Waals surface area contributed by atoms with Crippen LogP contribution < -0.4 is 5.32 Å². The van der Waals surface area contributed by atoms with E-state index in [0.717, 1.165) is 11.1 Å². The summed E-state index contributed by atoms with van der Waals surface area (Å²) in [6, 6.07) is 17.9. The number of piperidine rings is 1. The summed E-state index contributed by atoms with van der Waals surface area (Å²) in [6.45, 7) is 2.53. The third-order valence-electron chi connectivity index (χ3n) is 8.07. The number of nitrogens with one attached hydrogen (secondary N) is 1. The summed E-state index contributed by atoms with van der Waals surface area (Å²) in [7, 11) is 0. The van der Waals surface area contributed by atoms with Crippen molar-refractivity contribution in [1.82, 2.24) is 10.2 Å². The smallest absolute Gasteiger partial charge is 0.249 e. The molecule has 1 heterocycles. The number of hydrogen-bond acceptors (Lipinski definition) is 2. The molecule has 0 radical (unpaired) electrons. The van der Waals surface area contributed by atoms with E-state index in [2.05, 4.69) is 5.32 Å². The molecule has 1 saturated heterocycles. The lowest BCUT2D eigenvalue weighted by molar-refractivity contribution is -0.134. The van der Waals surface area contributed by atoms with Gasteiger partial charge in [-0.3, -0.25) is 9.59 Å². The molecule has 4 nitrogen and oxygen atoms in total. The van der Waals surface area contributed by atoms with Gasteiger partial charge in [0.1, 0.15) is 17.5 Å². The van der Waals surface area contributed by atoms with Crippen LogP contribution in [0.2, 0.25) is 0 Å². The molecule has 0 saturated carbocycles. The standard InChI is InChI=1S/C33H31F3N2O2/c1-22(26-3-2-4-30(36)21-26)37-32(40)33(27-11-15-29(35)16-12-27)17-19-38(20-18-33)31(39)25-7-5-23(6-8-25)24-9-13-28(34)14-10-24/h2-5,7,9-16,21-22H,6,8,17-20H2,1H3,(H,37,40)/t22-/m0/s1. The van der Waals surface area contributed by atoms with Crippen LogP contribution in [0.15, 0.2) is 90.5 Å². The Morgan fingerprint density at radius 1 is 0.825 bits per heavy atom. The highest BCUT2D eigenvalue weighted by Crippen LogP contribution is 2.38. The van der Waals surface area contributed by atoms with Gasteiger partial charge in [0.2, 0.25) is 11.8 Å². The van der Waals surface area contributed by atoms with E-state index in [1.54, 1.807) is 48.2 Å². The van der Waals surface area contributed by atoms with E-state index >= 15 is 0 Å². The summed E-state index contributed by atoms with van der Waals surface area (Å²) in [4.78, 5) is 29.0. The molecule has 5 rings (SSSR count). The second-order valence-electron chi connectivity index (χ2n) is 10.5. The van der Waals surface area contributed by atoms with Crippen molar-refractivity contribution in [3.8, 4) is 0 Å². The lowest BCUT2D eigenvalue weighted by atomic mass is 9.71. The third kappa shape index (κ3) is 5.74. The minimum atomic E-state index is -0.956. The Bertz CT molecular complexity index is 1450. The molecule has 2 amide bonds. The molecule has 206 valence electrons. The van der Waals surface area contributed by atoms with Crippen LogP contribution in [-0.4, -0.2) is 29.8 Å². The molecule has 0 aromatic heterocycles. The van der Waals surface area contributed by atoms with Crippen LogP contribution in [-0.2, 0) is 15.0 Å². The number of likely N-dealkylation sites (tertiary alicyclic amines) is 1. The van der Waals surface area contributed by atoms with Crippen LogP contribution in [0.25, 0.3) is 5.57 Å². The first-order valence-corrected chi connectivity index (χ1v) is 13.5. The molecule has 0 bridgehead atoms. The maximum absolute atomic E-state index is 13.8. The van der Waals surface area contributed by atoms with E-state index in [1.165, 1.54) is 36.4 Å². The van der Waals surface area contributed by atoms with E-state index < -0.39 is 17.3 Å². The van der Waals surface area contributed by atoms with Gasteiger partial charge >= 0.3 is 0 Å². The minimum Gasteiger partial charge on any atom is -0.349 e. The van der Waals surface area contributed by atoms with Gasteiger partial charge in [0, 0.05) is 18.7 Å². The van der Waals surface area contributed by atoms with E-state index in [0.29, 0.717) is 55.5 Å². The first-order chi connectivity index (χ1) is 19.2. The Morgan fingerprint density at radius 3 is 2.08 bits per heavy atom. The second-order valence-corrected chi connectivity index (χ2v) is 10.5. The number of carbonyl (C=O) groups is 2. The quantitative estimate of drug-likeness (QED) is 0.378. The lowest BCUT2D eigenvalue weighted by Gasteiger charge is -2.42. The van der Waals surface area contributed by atoms with Gasteiger partial charge in [-0.1, -0.05) is 48.6 Å². The normalized spacial score (nSPS) is 17.4. The zero-order valence-electron chi connectivity index (χ0n) is 22.3. The van der Waals surface area contributed by atoms with Gasteiger partial charge < -0.3 is 10.2 Å². The Balaban J connectivity index is 1.32. The molecule has 0 spiro atoms. The van der Waals surface area contributed by atoms with Gasteiger partial charge in [-0.25, -0.2) is 13.2 Å². The topological polar surface area (TPSA) is 49.4 Å². The Labute approximate surface area is 232 Å². The van der Waals surface area contributed by atoms with Crippen molar-refractivity contribution in [3.63, 3.8) is 0 Å². The number of carbonyl (C=O) groups excluding carboxylic acids is 2. The monoisotopic (exact) mass is 544 g/mol. The zero-order valence-corrected chi connectivity index (χ0v) is 22.3. The molecule has 0 unspecified atom stereocenters. The number of nitrogens with zero attached hydrogens (tertiary/aromatic N) is 1. The van der Waals surface area contributed by atoms with E-state index in [9.17, 15) is 22.8 Å². The average Bonchev–Trinajstić information content (AvgIpc) is 2.97. The van der Waals surface area contributed by atoms with Crippen molar-refractivity contribution in [3.05, 3.63) is 125 Å². The summed E-state index contributed by atoms with van der Waals surface area (Å²) < 4.78 is 40.8. The molecule has 1 aliphatic heterocycles. The first-order valence-electron chi connectivity index (χ1n) is 13.5. The Morgan fingerprint density at radius 2 is 1.48 bits per heavy atom. The first kappa shape index (κ1) is 27.4. The Hall–Kier alpha value is -4.13. The van der Waals surface area contributed by atoms with Gasteiger partial charge in [0.15, 0.2) is 0 Å². The Kier molecular flexibility index (Phi) is 7.92. The van der Waals surface area contributed by atoms with Gasteiger partial charge in [-0.2, -0.15) is 0 Å². The maximum atomic E-state index is 13.8. The summed E-state index contributed by atoms with van der Waals surface area (Å²) in [6.07, 6.45) is 5.74. The van der Waals surface area contributed by atoms with Crippen LogP contribution in [0.3, 0.4) is 0 Å². The van der Waals surface area contributed by atoms with Crippen LogP contribution >= 0.6 is 0 Å². The highest BCUT2D eigenvalue weighted by molar-refractivity contribution is 5.96. The van der Waals surface area contributed by atoms with E-state index in [1.807, 2.05) is 12.2 Å². The number of allylic oxidation sites excluding steroid dienone is 3. The van der Waals surface area contributed by atoms with Crippen LogP contribution in [0.1, 0.15) is 55.3 Å². The SMILES string of the molecule is C[C@H](NC(=O)C1(c2ccc(F)cc2)CCN(C(=O)C2=CC=C(c3ccc(F)cc3)CC2)CC1)c1cccc(F)c1. The zero-order chi connectivity index (χ0) is 28.3. The summed E-state index contributed by atoms with van der Waals surface area (Å²) in [5.41, 5.74) is 3.06. The summed E-state index contributed by atoms with van der Waals surface area (Å²) in [5, 5.41) is 3.03. The molecule has 40 heavy (non-hydrogen) atoms. The van der Waals surface area contributed by atoms with Crippen LogP contribution in [0.4, 0.5) is 13.2 Å². The molecule has 1 fully saturated rings. The highest BCUT2D eigenvalue weighted by atomic mass is 19.1. The second kappa shape index (κ2) is 11.5. The van der Waals surface area contributed by atoms with Crippen molar-refractivity contribution in [2.24, 2.45) is 0 Å². The average molecular weight is 545 g/mol. The molecule has 2 aliphatic rings. The predicted molar refractivity (Wildman–Crippen MR) is 149 cm³/mol. The molecule has 3 aromatic carbocycles. The summed E-state index contributed by atoms with van der Waals surface area (Å²) in [5.74, 6) is -1.35.